The van der Waals surface area contributed by atoms with Gasteiger partial charge in [0.15, 0.2) is 0 Å². The van der Waals surface area contributed by atoms with Gasteiger partial charge < -0.3 is 5.11 Å². The Morgan fingerprint density at radius 2 is 2.10 bits per heavy atom. The van der Waals surface area contributed by atoms with Crippen LogP contribution in [0.25, 0.3) is 0 Å². The van der Waals surface area contributed by atoms with E-state index < -0.39 is 0 Å². The van der Waals surface area contributed by atoms with Gasteiger partial charge in [0.25, 0.3) is 0 Å². The fraction of sp³-hybridized carbons (Fsp3) is 0.143. The maximum absolute atomic E-state index is 9.18. The normalized spacial score (nSPS) is 9.80. The van der Waals surface area contributed by atoms with Crippen LogP contribution in [0.3, 0.4) is 0 Å². The largest absolute Gasteiger partial charge is 0.508 e. The number of rotatable bonds is 0. The van der Waals surface area contributed by atoms with E-state index >= 15 is 0 Å². The van der Waals surface area contributed by atoms with Crippen molar-refractivity contribution in [2.75, 3.05) is 0 Å². The standard InChI is InChI=1S/C7H8BOP/c1-4-2-5(8)7(9)6(10)3-4/h2-3,9H,10H2,1H3. The van der Waals surface area contributed by atoms with Crippen LogP contribution in [0.5, 0.6) is 5.75 Å². The van der Waals surface area contributed by atoms with E-state index in [1.54, 1.807) is 6.07 Å². The summed E-state index contributed by atoms with van der Waals surface area (Å²) in [5, 5.41) is 9.93. The van der Waals surface area contributed by atoms with E-state index in [1.807, 2.05) is 13.0 Å². The number of phenols is 1. The Balaban J connectivity index is 3.31. The fourth-order valence-corrected chi connectivity index (χ4v) is 1.27. The van der Waals surface area contributed by atoms with Crippen LogP contribution in [-0.2, 0) is 0 Å². The molecule has 1 aromatic carbocycles. The molecular weight excluding hydrogens is 142 g/mol. The topological polar surface area (TPSA) is 20.2 Å². The molecule has 50 valence electrons. The third-order valence-electron chi connectivity index (χ3n) is 1.31. The predicted octanol–water partition coefficient (Wildman–Crippen LogP) is -0.00518. The van der Waals surface area contributed by atoms with Crippen LogP contribution in [0.4, 0.5) is 0 Å². The molecule has 0 saturated heterocycles. The summed E-state index contributed by atoms with van der Waals surface area (Å²) in [6, 6.07) is 3.60. The lowest BCUT2D eigenvalue weighted by Gasteiger charge is -2.03. The molecule has 0 heterocycles. The Labute approximate surface area is 64.1 Å². The summed E-state index contributed by atoms with van der Waals surface area (Å²) < 4.78 is 0. The molecule has 1 N–H and O–H groups in total. The SMILES string of the molecule is [B]c1cc(C)cc(P)c1O. The van der Waals surface area contributed by atoms with Gasteiger partial charge >= 0.3 is 0 Å². The summed E-state index contributed by atoms with van der Waals surface area (Å²) in [6.45, 7) is 1.93. The molecule has 1 aromatic rings. The van der Waals surface area contributed by atoms with Crippen molar-refractivity contribution in [3.05, 3.63) is 17.7 Å². The van der Waals surface area contributed by atoms with Crippen LogP contribution in [0.2, 0.25) is 0 Å². The van der Waals surface area contributed by atoms with Crippen molar-refractivity contribution < 1.29 is 5.11 Å². The van der Waals surface area contributed by atoms with E-state index in [0.29, 0.717) is 5.46 Å². The molecule has 0 saturated carbocycles. The molecule has 0 fully saturated rings. The van der Waals surface area contributed by atoms with E-state index in [0.717, 1.165) is 10.9 Å². The van der Waals surface area contributed by atoms with Crippen LogP contribution in [-0.4, -0.2) is 13.0 Å². The van der Waals surface area contributed by atoms with E-state index in [4.69, 9.17) is 7.85 Å². The highest BCUT2D eigenvalue weighted by molar-refractivity contribution is 7.27. The van der Waals surface area contributed by atoms with E-state index in [9.17, 15) is 5.11 Å². The Kier molecular flexibility index (Phi) is 2.01. The first-order chi connectivity index (χ1) is 4.61. The summed E-state index contributed by atoms with van der Waals surface area (Å²) in [5.41, 5.74) is 1.49. The molecule has 0 amide bonds. The minimum atomic E-state index is 0.163. The molecule has 1 rings (SSSR count). The monoisotopic (exact) mass is 150 g/mol. The summed E-state index contributed by atoms with van der Waals surface area (Å²) >= 11 is 0. The maximum atomic E-state index is 9.18. The van der Waals surface area contributed by atoms with Crippen molar-refractivity contribution in [3.63, 3.8) is 0 Å². The number of hydrogen-bond acceptors (Lipinski definition) is 1. The lowest BCUT2D eigenvalue weighted by molar-refractivity contribution is 0.484. The predicted molar refractivity (Wildman–Crippen MR) is 47.6 cm³/mol. The number of phenolic OH excluding ortho intramolecular Hbond substituents is 1. The van der Waals surface area contributed by atoms with Gasteiger partial charge in [-0.1, -0.05) is 17.1 Å². The molecule has 0 aromatic heterocycles. The van der Waals surface area contributed by atoms with Crippen molar-refractivity contribution in [2.24, 2.45) is 0 Å². The van der Waals surface area contributed by atoms with Gasteiger partial charge in [0.05, 0.1) is 0 Å². The number of benzene rings is 1. The highest BCUT2D eigenvalue weighted by atomic mass is 31.0. The molecule has 1 unspecified atom stereocenters. The van der Waals surface area contributed by atoms with Crippen LogP contribution in [0.15, 0.2) is 12.1 Å². The van der Waals surface area contributed by atoms with Crippen molar-refractivity contribution >= 4 is 27.9 Å². The average Bonchev–Trinajstić information content (AvgIpc) is 1.82. The first-order valence-corrected chi connectivity index (χ1v) is 3.53. The second-order valence-corrected chi connectivity index (χ2v) is 2.91. The first-order valence-electron chi connectivity index (χ1n) is 2.96. The zero-order valence-corrected chi connectivity index (χ0v) is 6.91. The fourth-order valence-electron chi connectivity index (χ4n) is 0.836. The van der Waals surface area contributed by atoms with Crippen molar-refractivity contribution in [1.29, 1.82) is 0 Å². The highest BCUT2D eigenvalue weighted by Gasteiger charge is 1.98. The van der Waals surface area contributed by atoms with E-state index in [-0.39, 0.29) is 5.75 Å². The van der Waals surface area contributed by atoms with Gasteiger partial charge in [0, 0.05) is 5.30 Å². The minimum Gasteiger partial charge on any atom is -0.508 e. The Morgan fingerprint density at radius 3 is 2.60 bits per heavy atom. The molecule has 0 aliphatic rings. The number of aromatic hydroxyl groups is 1. The summed E-state index contributed by atoms with van der Waals surface area (Å²) in [5.74, 6) is 0.163. The molecule has 0 aliphatic carbocycles. The van der Waals surface area contributed by atoms with Gasteiger partial charge in [-0.15, -0.1) is 9.24 Å². The summed E-state index contributed by atoms with van der Waals surface area (Å²) in [6.07, 6.45) is 0. The first kappa shape index (κ1) is 7.62. The van der Waals surface area contributed by atoms with E-state index in [1.165, 1.54) is 0 Å². The van der Waals surface area contributed by atoms with Gasteiger partial charge in [-0.05, 0) is 13.0 Å². The van der Waals surface area contributed by atoms with Gasteiger partial charge in [0.1, 0.15) is 13.6 Å². The molecule has 1 atom stereocenters. The molecule has 10 heavy (non-hydrogen) atoms. The zero-order chi connectivity index (χ0) is 7.72. The molecule has 0 spiro atoms. The van der Waals surface area contributed by atoms with Crippen molar-refractivity contribution in [3.8, 4) is 5.75 Å². The van der Waals surface area contributed by atoms with Crippen LogP contribution in [0.1, 0.15) is 5.56 Å². The second kappa shape index (κ2) is 2.63. The van der Waals surface area contributed by atoms with E-state index in [2.05, 4.69) is 9.24 Å². The Bertz CT molecular complexity index is 237. The van der Waals surface area contributed by atoms with Crippen molar-refractivity contribution in [1.82, 2.24) is 0 Å². The van der Waals surface area contributed by atoms with Gasteiger partial charge in [-0.3, -0.25) is 0 Å². The van der Waals surface area contributed by atoms with Crippen LogP contribution in [0, 0.1) is 6.92 Å². The number of aryl methyl sites for hydroxylation is 1. The zero-order valence-electron chi connectivity index (χ0n) is 5.76. The lowest BCUT2D eigenvalue weighted by Crippen LogP contribution is -2.10. The van der Waals surface area contributed by atoms with Crippen LogP contribution < -0.4 is 10.8 Å². The lowest BCUT2D eigenvalue weighted by atomic mass is 9.93. The smallest absolute Gasteiger partial charge is 0.119 e. The minimum absolute atomic E-state index is 0.163. The summed E-state index contributed by atoms with van der Waals surface area (Å²) in [4.78, 5) is 0. The second-order valence-electron chi connectivity index (χ2n) is 2.29. The molecule has 0 aliphatic heterocycles. The number of hydrogen-bond donors (Lipinski definition) is 1. The van der Waals surface area contributed by atoms with Crippen molar-refractivity contribution in [2.45, 2.75) is 6.92 Å². The summed E-state index contributed by atoms with van der Waals surface area (Å²) in [7, 11) is 7.88. The Hall–Kier alpha value is -0.485. The van der Waals surface area contributed by atoms with Gasteiger partial charge in [0.2, 0.25) is 0 Å². The Morgan fingerprint density at radius 1 is 1.50 bits per heavy atom. The molecule has 2 radical (unpaired) electrons. The van der Waals surface area contributed by atoms with Gasteiger partial charge in [-0.25, -0.2) is 0 Å². The van der Waals surface area contributed by atoms with Crippen LogP contribution >= 0.6 is 9.24 Å². The quantitative estimate of drug-likeness (QED) is 0.407. The van der Waals surface area contributed by atoms with Gasteiger partial charge in [-0.2, -0.15) is 0 Å². The molecule has 1 nitrogen and oxygen atoms in total. The third-order valence-corrected chi connectivity index (χ3v) is 1.75. The molecule has 3 heteroatoms. The molecular formula is C7H8BOP. The highest BCUT2D eigenvalue weighted by Crippen LogP contribution is 2.06. The molecule has 0 bridgehead atoms. The third kappa shape index (κ3) is 1.33. The average molecular weight is 150 g/mol. The maximum Gasteiger partial charge on any atom is 0.119 e.